The van der Waals surface area contributed by atoms with E-state index in [-0.39, 0.29) is 11.3 Å². The standard InChI is InChI=1S/C23H25ClO6S.C17H12BrClO2S.C17H14BrClOS.C9H4BrClO2S.C8H10O/c1-2-29-14-5-3-12(4-6-14)9-13-10-16(23-15(18(13)24)7-8-31-23)22-21(28)20(27)19(26)17(11-25)30-22;1-2-21-11-5-3-10(4-6-11)16(20)13-9-14(18)17-12(15(13)19)7-8-22-17;1-2-20-13-5-3-11(4-6-13)9-12-10-15(18)17-14(16(12)19)7-8-21-17;10-6-3-5(9(12)13)7(11)4-1-2-14-8(4)6;1-2-9-8-6-4-3-5-7-8/h3-8,10,17,19-22,25-28H,2,9,11H2,1H3;3-9H,2H2,1H3;3-8,10H,2,9H2,1H3;1-3H,(H,12,13);3-7H,2H2,1H3/t17-,19-,20+,21-,22+;;;;/m1..../s1. The number of thiophene rings is 4. The van der Waals surface area contributed by atoms with E-state index in [0.717, 1.165) is 107 Å². The van der Waals surface area contributed by atoms with Crippen molar-refractivity contribution >= 4 is 192 Å². The Morgan fingerprint density at radius 3 is 1.29 bits per heavy atom. The third-order valence-corrected chi connectivity index (χ3v) is 23.3. The number of carboxylic acid groups (broad SMARTS) is 1. The number of aromatic carboxylic acids is 1. The molecule has 12 nitrogen and oxygen atoms in total. The molecule has 5 heterocycles. The van der Waals surface area contributed by atoms with Gasteiger partial charge in [-0.15, -0.1) is 45.3 Å². The Balaban J connectivity index is 0.000000149. The molecule has 0 radical (unpaired) electrons. The maximum atomic E-state index is 12.7. The Kier molecular flexibility index (Phi) is 28.1. The molecule has 1 fully saturated rings. The summed E-state index contributed by atoms with van der Waals surface area (Å²) in [6.45, 7) is 9.98. The van der Waals surface area contributed by atoms with Crippen molar-refractivity contribution < 1.29 is 58.8 Å². The number of ether oxygens (including phenoxy) is 5. The van der Waals surface area contributed by atoms with Gasteiger partial charge in [-0.2, -0.15) is 0 Å². The Hall–Kier alpha value is -5.66. The van der Waals surface area contributed by atoms with Crippen molar-refractivity contribution in [2.75, 3.05) is 33.0 Å². The van der Waals surface area contributed by atoms with Crippen LogP contribution in [0.3, 0.4) is 0 Å². The van der Waals surface area contributed by atoms with Crippen LogP contribution in [0.4, 0.5) is 0 Å². The third-order valence-electron chi connectivity index (χ3n) is 15.1. The van der Waals surface area contributed by atoms with E-state index in [4.69, 9.17) is 75.2 Å². The summed E-state index contributed by atoms with van der Waals surface area (Å²) >= 11 is 42.4. The molecule has 8 aromatic carbocycles. The van der Waals surface area contributed by atoms with Gasteiger partial charge in [0.1, 0.15) is 53.5 Å². The lowest BCUT2D eigenvalue weighted by Gasteiger charge is -2.40. The highest BCUT2D eigenvalue weighted by atomic mass is 79.9. The maximum Gasteiger partial charge on any atom is 0.337 e. The third kappa shape index (κ3) is 18.7. The van der Waals surface area contributed by atoms with Crippen LogP contribution in [0.15, 0.2) is 187 Å². The fourth-order valence-electron chi connectivity index (χ4n) is 10.5. The molecule has 5 N–H and O–H groups in total. The Labute approximate surface area is 622 Å². The summed E-state index contributed by atoms with van der Waals surface area (Å²) in [5, 5.41) is 63.2. The Bertz CT molecular complexity index is 4610. The molecule has 97 heavy (non-hydrogen) atoms. The summed E-state index contributed by atoms with van der Waals surface area (Å²) in [5.74, 6) is 2.29. The number of hydrogen-bond donors (Lipinski definition) is 5. The van der Waals surface area contributed by atoms with Crippen molar-refractivity contribution in [2.45, 2.75) is 71.1 Å². The molecule has 1 aliphatic heterocycles. The molecule has 0 spiro atoms. The molecule has 506 valence electrons. The van der Waals surface area contributed by atoms with Crippen molar-refractivity contribution in [3.05, 3.63) is 251 Å². The average molecular weight is 1660 g/mol. The first-order chi connectivity index (χ1) is 46.8. The van der Waals surface area contributed by atoms with Crippen LogP contribution in [0.2, 0.25) is 20.1 Å². The van der Waals surface area contributed by atoms with Gasteiger partial charge in [-0.1, -0.05) is 88.9 Å². The predicted molar refractivity (Wildman–Crippen MR) is 410 cm³/mol. The number of hydrogen-bond acceptors (Lipinski definition) is 15. The zero-order valence-electron chi connectivity index (χ0n) is 52.5. The summed E-state index contributed by atoms with van der Waals surface area (Å²) < 4.78 is 34.2. The normalized spacial score (nSPS) is 15.6. The molecule has 5 atom stereocenters. The molecule has 1 saturated heterocycles. The highest BCUT2D eigenvalue weighted by Crippen LogP contribution is 2.44. The topological polar surface area (TPSA) is 181 Å². The van der Waals surface area contributed by atoms with Crippen LogP contribution in [0.5, 0.6) is 23.0 Å². The highest BCUT2D eigenvalue weighted by molar-refractivity contribution is 9.11. The number of carboxylic acids is 1. The molecule has 0 saturated carbocycles. The molecule has 1 aliphatic rings. The molecule has 0 bridgehead atoms. The number of aliphatic hydroxyl groups is 4. The Morgan fingerprint density at radius 1 is 0.464 bits per heavy atom. The number of para-hydroxylation sites is 1. The SMILES string of the molecule is CCOc1ccc(C(=O)c2cc(Br)c3sccc3c2Cl)cc1.CCOc1ccc(Cc2cc(Br)c3sccc3c2Cl)cc1.CCOc1ccc(Cc2cc([C@@H]3O[C@H](CO)[C@@H](O)[C@H](O)[C@H]3O)c3sccc3c2Cl)cc1.CCOc1ccccc1.O=C(O)c1cc(Br)c2sccc2c1Cl. The maximum absolute atomic E-state index is 12.7. The van der Waals surface area contributed by atoms with Crippen LogP contribution >= 0.6 is 140 Å². The van der Waals surface area contributed by atoms with Gasteiger partial charge >= 0.3 is 5.97 Å². The summed E-state index contributed by atoms with van der Waals surface area (Å²) in [7, 11) is 0. The second-order valence-corrected chi connectivity index (χ2v) is 29.2. The lowest BCUT2D eigenvalue weighted by molar-refractivity contribution is -0.231. The smallest absolute Gasteiger partial charge is 0.337 e. The molecule has 23 heteroatoms. The van der Waals surface area contributed by atoms with Gasteiger partial charge in [-0.3, -0.25) is 4.79 Å². The minimum Gasteiger partial charge on any atom is -0.494 e. The minimum atomic E-state index is -1.43. The van der Waals surface area contributed by atoms with Gasteiger partial charge in [0.25, 0.3) is 0 Å². The van der Waals surface area contributed by atoms with E-state index < -0.39 is 43.1 Å². The monoisotopic (exact) mass is 1650 g/mol. The molecule has 13 rings (SSSR count). The number of benzene rings is 8. The van der Waals surface area contributed by atoms with E-state index in [1.165, 1.54) is 39.0 Å². The zero-order chi connectivity index (χ0) is 69.4. The van der Waals surface area contributed by atoms with Gasteiger partial charge in [0, 0.05) is 70.5 Å². The van der Waals surface area contributed by atoms with E-state index in [0.29, 0.717) is 58.0 Å². The van der Waals surface area contributed by atoms with Crippen molar-refractivity contribution in [2.24, 2.45) is 0 Å². The van der Waals surface area contributed by atoms with Crippen molar-refractivity contribution in [1.82, 2.24) is 0 Å². The number of carbonyl (C=O) groups excluding carboxylic acids is 1. The van der Waals surface area contributed by atoms with E-state index >= 15 is 0 Å². The Morgan fingerprint density at radius 2 is 0.845 bits per heavy atom. The van der Waals surface area contributed by atoms with E-state index in [9.17, 15) is 30.0 Å². The van der Waals surface area contributed by atoms with Gasteiger partial charge in [0.2, 0.25) is 0 Å². The number of rotatable bonds is 17. The molecule has 4 aromatic heterocycles. The number of carbonyl (C=O) groups is 2. The number of halogens is 7. The van der Waals surface area contributed by atoms with Crippen molar-refractivity contribution in [1.29, 1.82) is 0 Å². The summed E-state index contributed by atoms with van der Waals surface area (Å²) in [6, 6.07) is 47.9. The van der Waals surface area contributed by atoms with E-state index in [1.54, 1.807) is 53.0 Å². The quantitative estimate of drug-likeness (QED) is 0.0545. The van der Waals surface area contributed by atoms with Crippen molar-refractivity contribution in [3.63, 3.8) is 0 Å². The number of fused-ring (bicyclic) bond motifs is 4. The van der Waals surface area contributed by atoms with Crippen LogP contribution in [-0.2, 0) is 17.6 Å². The van der Waals surface area contributed by atoms with Crippen LogP contribution in [0.1, 0.15) is 87.9 Å². The van der Waals surface area contributed by atoms with Crippen molar-refractivity contribution in [3.8, 4) is 23.0 Å². The molecule has 0 amide bonds. The fourth-order valence-corrected chi connectivity index (χ4v) is 17.5. The van der Waals surface area contributed by atoms with Crippen LogP contribution < -0.4 is 18.9 Å². The summed E-state index contributed by atoms with van der Waals surface area (Å²) in [5.41, 5.74) is 6.15. The molecule has 12 aromatic rings. The first-order valence-electron chi connectivity index (χ1n) is 30.4. The lowest BCUT2D eigenvalue weighted by Crippen LogP contribution is -2.55. The van der Waals surface area contributed by atoms with E-state index in [1.807, 2.05) is 135 Å². The van der Waals surface area contributed by atoms with Gasteiger partial charge in [-0.25, -0.2) is 4.79 Å². The summed E-state index contributed by atoms with van der Waals surface area (Å²) in [4.78, 5) is 23.5. The second-order valence-electron chi connectivity index (χ2n) is 21.5. The van der Waals surface area contributed by atoms with Gasteiger partial charge < -0.3 is 49.2 Å². The van der Waals surface area contributed by atoms with Gasteiger partial charge in [-0.05, 0) is 241 Å². The molecule has 0 aliphatic carbocycles. The van der Waals surface area contributed by atoms with Crippen LogP contribution in [-0.4, -0.2) is 94.7 Å². The zero-order valence-corrected chi connectivity index (χ0v) is 63.5. The molecular formula is C74H65Br3Cl4O12S4. The predicted octanol–water partition coefficient (Wildman–Crippen LogP) is 21.4. The molecule has 0 unspecified atom stereocenters. The van der Waals surface area contributed by atoms with Crippen LogP contribution in [0, 0.1) is 0 Å². The fraction of sp³-hybridized carbons (Fsp3) is 0.216. The van der Waals surface area contributed by atoms with Gasteiger partial charge in [0.15, 0.2) is 5.78 Å². The number of ketones is 1. The highest BCUT2D eigenvalue weighted by Gasteiger charge is 2.45. The summed E-state index contributed by atoms with van der Waals surface area (Å²) in [6.07, 6.45) is -4.68. The van der Waals surface area contributed by atoms with Gasteiger partial charge in [0.05, 0.1) is 58.7 Å². The largest absolute Gasteiger partial charge is 0.494 e. The first-order valence-corrected chi connectivity index (χ1v) is 37.9. The van der Waals surface area contributed by atoms with E-state index in [2.05, 4.69) is 77.4 Å². The number of aliphatic hydroxyl groups excluding tert-OH is 4. The second kappa shape index (κ2) is 36.1. The van der Waals surface area contributed by atoms with Crippen LogP contribution in [0.25, 0.3) is 40.3 Å². The minimum absolute atomic E-state index is 0.0955. The first kappa shape index (κ1) is 75.5. The lowest BCUT2D eigenvalue weighted by atomic mass is 9.89. The average Bonchev–Trinajstić information content (AvgIpc) is 1.78. The molecular weight excluding hydrogens is 1590 g/mol.